The van der Waals surface area contributed by atoms with E-state index in [9.17, 15) is 5.11 Å². The third-order valence-corrected chi connectivity index (χ3v) is 5.34. The Balaban J connectivity index is 1.79. The summed E-state index contributed by atoms with van der Waals surface area (Å²) in [6.45, 7) is 4.29. The molecule has 2 aromatic carbocycles. The van der Waals surface area contributed by atoms with E-state index in [1.165, 1.54) is 5.56 Å². The maximum Gasteiger partial charge on any atom is 0.204 e. The van der Waals surface area contributed by atoms with E-state index in [-0.39, 0.29) is 6.10 Å². The molecule has 0 radical (unpaired) electrons. The molecule has 1 atom stereocenters. The summed E-state index contributed by atoms with van der Waals surface area (Å²) in [5.41, 5.74) is 3.23. The first-order valence-corrected chi connectivity index (χ1v) is 9.75. The van der Waals surface area contributed by atoms with Gasteiger partial charge in [0.1, 0.15) is 0 Å². The summed E-state index contributed by atoms with van der Waals surface area (Å²) in [6, 6.07) is 18.4. The van der Waals surface area contributed by atoms with Gasteiger partial charge >= 0.3 is 0 Å². The Labute approximate surface area is 164 Å². The van der Waals surface area contributed by atoms with Gasteiger partial charge in [-0.3, -0.25) is 9.47 Å². The van der Waals surface area contributed by atoms with E-state index in [1.54, 1.807) is 0 Å². The highest BCUT2D eigenvalue weighted by Gasteiger charge is 2.20. The van der Waals surface area contributed by atoms with Gasteiger partial charge in [-0.15, -0.1) is 5.10 Å². The van der Waals surface area contributed by atoms with Gasteiger partial charge in [0.2, 0.25) is 4.77 Å². The monoisotopic (exact) mass is 380 g/mol. The molecule has 5 nitrogen and oxygen atoms in total. The molecule has 4 rings (SSSR count). The second-order valence-electron chi connectivity index (χ2n) is 7.16. The minimum atomic E-state index is -0.264. The molecular formula is C21H24N4OS. The second-order valence-corrected chi connectivity index (χ2v) is 7.53. The van der Waals surface area contributed by atoms with Crippen molar-refractivity contribution >= 4 is 12.2 Å². The van der Waals surface area contributed by atoms with Crippen LogP contribution in [0.5, 0.6) is 0 Å². The molecule has 1 saturated heterocycles. The van der Waals surface area contributed by atoms with Crippen molar-refractivity contribution in [2.75, 3.05) is 13.1 Å². The van der Waals surface area contributed by atoms with Crippen LogP contribution in [0.1, 0.15) is 18.4 Å². The van der Waals surface area contributed by atoms with E-state index >= 15 is 0 Å². The average molecular weight is 381 g/mol. The largest absolute Gasteiger partial charge is 0.392 e. The quantitative estimate of drug-likeness (QED) is 0.700. The molecular weight excluding hydrogens is 356 g/mol. The molecule has 0 spiro atoms. The number of nitrogens with zero attached hydrogens (tertiary/aromatic N) is 4. The number of piperidine rings is 1. The fourth-order valence-corrected chi connectivity index (χ4v) is 3.91. The molecule has 27 heavy (non-hydrogen) atoms. The van der Waals surface area contributed by atoms with Crippen molar-refractivity contribution in [3.63, 3.8) is 0 Å². The summed E-state index contributed by atoms with van der Waals surface area (Å²) >= 11 is 5.81. The third kappa shape index (κ3) is 3.88. The lowest BCUT2D eigenvalue weighted by Crippen LogP contribution is -2.39. The van der Waals surface area contributed by atoms with Gasteiger partial charge in [-0.1, -0.05) is 42.5 Å². The summed E-state index contributed by atoms with van der Waals surface area (Å²) in [6.07, 6.45) is 1.61. The van der Waals surface area contributed by atoms with Gasteiger partial charge < -0.3 is 5.11 Å². The van der Waals surface area contributed by atoms with Gasteiger partial charge in [-0.05, 0) is 49.7 Å². The number of hydrogen-bond acceptors (Lipinski definition) is 4. The Hall–Kier alpha value is -2.28. The Morgan fingerprint density at radius 1 is 1.15 bits per heavy atom. The van der Waals surface area contributed by atoms with Crippen LogP contribution in [0.2, 0.25) is 0 Å². The van der Waals surface area contributed by atoms with Crippen LogP contribution in [0.15, 0.2) is 54.6 Å². The van der Waals surface area contributed by atoms with Crippen molar-refractivity contribution in [3.8, 4) is 17.1 Å². The molecule has 0 saturated carbocycles. The van der Waals surface area contributed by atoms with Crippen LogP contribution in [0.3, 0.4) is 0 Å². The molecule has 0 amide bonds. The molecule has 1 N–H and O–H groups in total. The zero-order valence-electron chi connectivity index (χ0n) is 15.5. The summed E-state index contributed by atoms with van der Waals surface area (Å²) in [5.74, 6) is 0.837. The van der Waals surface area contributed by atoms with E-state index < -0.39 is 0 Å². The summed E-state index contributed by atoms with van der Waals surface area (Å²) in [5, 5.41) is 14.8. The molecule has 1 fully saturated rings. The molecule has 6 heteroatoms. The maximum atomic E-state index is 9.97. The highest BCUT2D eigenvalue weighted by atomic mass is 32.1. The number of β-amino-alcohol motifs (C(OH)–C–C–N with tert-alkyl or cyclic N) is 1. The third-order valence-electron chi connectivity index (χ3n) is 4.95. The summed E-state index contributed by atoms with van der Waals surface area (Å²) in [4.78, 5) is 2.21. The number of aromatic nitrogens is 3. The number of likely N-dealkylation sites (tertiary alicyclic amines) is 1. The first-order valence-electron chi connectivity index (χ1n) is 9.34. The Morgan fingerprint density at radius 2 is 1.96 bits per heavy atom. The van der Waals surface area contributed by atoms with Crippen LogP contribution in [-0.2, 0) is 6.67 Å². The first-order chi connectivity index (χ1) is 13.1. The zero-order chi connectivity index (χ0) is 18.8. The standard InChI is InChI=1S/C21H24N4OS/c1-16-7-5-10-18(13-16)25-20(17-8-3-2-4-9-17)22-24(21(25)27)15-23-12-6-11-19(26)14-23/h2-5,7-10,13,19,26H,6,11-12,14-15H2,1H3/t19-/m0/s1. The van der Waals surface area contributed by atoms with Crippen LogP contribution in [-0.4, -0.2) is 43.5 Å². The second kappa shape index (κ2) is 7.76. The molecule has 1 aliphatic heterocycles. The lowest BCUT2D eigenvalue weighted by Gasteiger charge is -2.29. The number of aliphatic hydroxyl groups is 1. The fourth-order valence-electron chi connectivity index (χ4n) is 3.62. The molecule has 140 valence electrons. The molecule has 1 aliphatic rings. The minimum Gasteiger partial charge on any atom is -0.392 e. The van der Waals surface area contributed by atoms with Crippen molar-refractivity contribution in [2.24, 2.45) is 0 Å². The average Bonchev–Trinajstić information content (AvgIpc) is 2.99. The van der Waals surface area contributed by atoms with Crippen LogP contribution in [0, 0.1) is 11.7 Å². The Morgan fingerprint density at radius 3 is 2.70 bits per heavy atom. The van der Waals surface area contributed by atoms with Crippen molar-refractivity contribution in [1.82, 2.24) is 19.2 Å². The van der Waals surface area contributed by atoms with Crippen molar-refractivity contribution in [1.29, 1.82) is 0 Å². The Kier molecular flexibility index (Phi) is 5.20. The van der Waals surface area contributed by atoms with Crippen LogP contribution >= 0.6 is 12.2 Å². The summed E-state index contributed by atoms with van der Waals surface area (Å²) in [7, 11) is 0. The van der Waals surface area contributed by atoms with Gasteiger partial charge in [0.15, 0.2) is 5.82 Å². The summed E-state index contributed by atoms with van der Waals surface area (Å²) < 4.78 is 4.58. The zero-order valence-corrected chi connectivity index (χ0v) is 16.3. The molecule has 3 aromatic rings. The van der Waals surface area contributed by atoms with Crippen molar-refractivity contribution < 1.29 is 5.11 Å². The lowest BCUT2D eigenvalue weighted by atomic mass is 10.1. The minimum absolute atomic E-state index is 0.264. The van der Waals surface area contributed by atoms with Crippen molar-refractivity contribution in [2.45, 2.75) is 32.5 Å². The van der Waals surface area contributed by atoms with Gasteiger partial charge in [0, 0.05) is 18.7 Å². The van der Waals surface area contributed by atoms with Crippen molar-refractivity contribution in [3.05, 3.63) is 64.9 Å². The van der Waals surface area contributed by atoms with Crippen LogP contribution in [0.4, 0.5) is 0 Å². The topological polar surface area (TPSA) is 46.2 Å². The van der Waals surface area contributed by atoms with E-state index in [0.29, 0.717) is 18.0 Å². The molecule has 0 aliphatic carbocycles. The van der Waals surface area contributed by atoms with E-state index in [4.69, 9.17) is 17.3 Å². The van der Waals surface area contributed by atoms with E-state index in [0.717, 1.165) is 36.5 Å². The highest BCUT2D eigenvalue weighted by molar-refractivity contribution is 7.71. The van der Waals surface area contributed by atoms with Crippen LogP contribution < -0.4 is 0 Å². The molecule has 0 bridgehead atoms. The number of hydrogen-bond donors (Lipinski definition) is 1. The number of benzene rings is 2. The highest BCUT2D eigenvalue weighted by Crippen LogP contribution is 2.23. The number of aryl methyl sites for hydroxylation is 1. The van der Waals surface area contributed by atoms with E-state index in [2.05, 4.69) is 42.2 Å². The number of aliphatic hydroxyl groups excluding tert-OH is 1. The van der Waals surface area contributed by atoms with Crippen LogP contribution in [0.25, 0.3) is 17.1 Å². The normalized spacial score (nSPS) is 17.9. The van der Waals surface area contributed by atoms with Gasteiger partial charge in [0.05, 0.1) is 18.5 Å². The molecule has 2 heterocycles. The van der Waals surface area contributed by atoms with Gasteiger partial charge in [-0.2, -0.15) is 0 Å². The predicted octanol–water partition coefficient (Wildman–Crippen LogP) is 3.79. The first kappa shape index (κ1) is 18.1. The molecule has 1 aromatic heterocycles. The fraction of sp³-hybridized carbons (Fsp3) is 0.333. The van der Waals surface area contributed by atoms with E-state index in [1.807, 2.05) is 33.5 Å². The maximum absolute atomic E-state index is 9.97. The lowest BCUT2D eigenvalue weighted by molar-refractivity contribution is 0.0513. The molecule has 0 unspecified atom stereocenters. The smallest absolute Gasteiger partial charge is 0.204 e. The SMILES string of the molecule is Cc1cccc(-n2c(-c3ccccc3)nn(CN3CCC[C@H](O)C3)c2=S)c1. The van der Waals surface area contributed by atoms with Gasteiger partial charge in [-0.25, -0.2) is 4.68 Å². The number of rotatable bonds is 4. The van der Waals surface area contributed by atoms with Gasteiger partial charge in [0.25, 0.3) is 0 Å². The predicted molar refractivity (Wildman–Crippen MR) is 109 cm³/mol. The Bertz CT molecular complexity index is 979.